The Morgan fingerprint density at radius 3 is 1.62 bits per heavy atom. The first-order chi connectivity index (χ1) is 41.2. The Kier molecular flexibility index (Phi) is 21.3. The van der Waals surface area contributed by atoms with Crippen LogP contribution >= 0.6 is 23.2 Å². The third kappa shape index (κ3) is 16.7. The molecule has 2 fully saturated rings. The molecule has 6 heterocycles. The predicted molar refractivity (Wildman–Crippen MR) is 345 cm³/mol. The molecule has 2 aliphatic rings. The number of H-pyrrole nitrogens is 1. The van der Waals surface area contributed by atoms with Gasteiger partial charge in [-0.05, 0) is 68.7 Å². The van der Waals surface area contributed by atoms with Gasteiger partial charge < -0.3 is 74.1 Å². The molecule has 26 heteroatoms. The molecular formula is C61H72Cl2F2N14O7Si. The van der Waals surface area contributed by atoms with Gasteiger partial charge in [-0.1, -0.05) is 63.4 Å². The minimum atomic E-state index is -1.29. The summed E-state index contributed by atoms with van der Waals surface area (Å²) in [5.41, 5.74) is 4.68. The minimum absolute atomic E-state index is 0. The molecule has 2 aliphatic heterocycles. The molecule has 0 radical (unpaired) electrons. The first kappa shape index (κ1) is 64.5. The maximum absolute atomic E-state index is 14.6. The minimum Gasteiger partial charge on any atom is -0.494 e. The lowest BCUT2D eigenvalue weighted by atomic mass is 10.2. The molecule has 8 aromatic rings. The van der Waals surface area contributed by atoms with Crippen LogP contribution in [0.2, 0.25) is 35.7 Å². The van der Waals surface area contributed by atoms with Crippen LogP contribution in [0, 0.1) is 11.6 Å². The Labute approximate surface area is 515 Å². The fourth-order valence-electron chi connectivity index (χ4n) is 9.30. The van der Waals surface area contributed by atoms with Crippen LogP contribution in [0.1, 0.15) is 7.43 Å². The summed E-state index contributed by atoms with van der Waals surface area (Å²) >= 11 is 13.1. The summed E-state index contributed by atoms with van der Waals surface area (Å²) in [6, 6.07) is 20.5. The highest BCUT2D eigenvalue weighted by atomic mass is 35.5. The van der Waals surface area contributed by atoms with E-state index in [0.717, 1.165) is 88.0 Å². The number of aromatic amines is 1. The van der Waals surface area contributed by atoms with Crippen LogP contribution in [0.5, 0.6) is 34.8 Å². The Balaban J connectivity index is 0.000000227. The number of anilines is 8. The van der Waals surface area contributed by atoms with Crippen molar-refractivity contribution in [3.63, 3.8) is 0 Å². The van der Waals surface area contributed by atoms with Gasteiger partial charge in [0, 0.05) is 139 Å². The van der Waals surface area contributed by atoms with Crippen molar-refractivity contribution >= 4 is 111 Å². The molecule has 0 bridgehead atoms. The van der Waals surface area contributed by atoms with E-state index in [1.807, 2.05) is 36.4 Å². The van der Waals surface area contributed by atoms with Crippen LogP contribution in [-0.2, 0) is 21.1 Å². The summed E-state index contributed by atoms with van der Waals surface area (Å²) in [5.74, 6) is -0.175. The summed E-state index contributed by atoms with van der Waals surface area (Å²) in [4.78, 5) is 54.3. The van der Waals surface area contributed by atoms with E-state index in [1.165, 1.54) is 30.3 Å². The Bertz CT molecular complexity index is 3780. The van der Waals surface area contributed by atoms with Crippen LogP contribution in [0.15, 0.2) is 111 Å². The molecule has 87 heavy (non-hydrogen) atoms. The van der Waals surface area contributed by atoms with Crippen molar-refractivity contribution < 1.29 is 42.1 Å². The van der Waals surface area contributed by atoms with Crippen LogP contribution < -0.4 is 50.0 Å². The molecule has 0 saturated carbocycles. The summed E-state index contributed by atoms with van der Waals surface area (Å²) in [5, 5.41) is 13.0. The second-order valence-electron chi connectivity index (χ2n) is 21.6. The Morgan fingerprint density at radius 2 is 1.15 bits per heavy atom. The highest BCUT2D eigenvalue weighted by molar-refractivity contribution is 6.76. The maximum atomic E-state index is 14.6. The van der Waals surface area contributed by atoms with Gasteiger partial charge in [0.25, 0.3) is 0 Å². The quantitative estimate of drug-likeness (QED) is 0.0257. The van der Waals surface area contributed by atoms with Crippen LogP contribution in [0.3, 0.4) is 0 Å². The number of carbonyl (C=O) groups is 2. The molecule has 2 saturated heterocycles. The van der Waals surface area contributed by atoms with Crippen LogP contribution in [0.25, 0.3) is 22.1 Å². The molecule has 0 atom stereocenters. The molecule has 21 nitrogen and oxygen atoms in total. The molecule has 460 valence electrons. The fraction of sp³-hybridized carbons (Fsp3) is 0.311. The molecule has 2 amide bonds. The fourth-order valence-corrected chi connectivity index (χ4v) is 10.6. The largest absolute Gasteiger partial charge is 0.494 e. The predicted octanol–water partition coefficient (Wildman–Crippen LogP) is 12.8. The molecule has 0 spiro atoms. The zero-order valence-electron chi connectivity index (χ0n) is 48.8. The van der Waals surface area contributed by atoms with E-state index in [2.05, 4.69) is 108 Å². The van der Waals surface area contributed by atoms with Crippen molar-refractivity contribution in [2.45, 2.75) is 39.8 Å². The average Bonchev–Trinajstić information content (AvgIpc) is 1.81. The zero-order chi connectivity index (χ0) is 61.2. The number of rotatable bonds is 21. The highest BCUT2D eigenvalue weighted by Crippen LogP contribution is 2.40. The maximum Gasteiger partial charge on any atom is 0.247 e. The van der Waals surface area contributed by atoms with Gasteiger partial charge in [0.1, 0.15) is 57.8 Å². The van der Waals surface area contributed by atoms with E-state index in [-0.39, 0.29) is 60.7 Å². The van der Waals surface area contributed by atoms with Crippen molar-refractivity contribution in [2.75, 3.05) is 118 Å². The van der Waals surface area contributed by atoms with E-state index in [0.29, 0.717) is 61.6 Å². The number of methoxy groups -OCH3 is 2. The number of ether oxygens (including phenoxy) is 5. The second-order valence-corrected chi connectivity index (χ2v) is 28.0. The summed E-state index contributed by atoms with van der Waals surface area (Å²) < 4.78 is 60.2. The van der Waals surface area contributed by atoms with Gasteiger partial charge in [-0.15, -0.1) is 0 Å². The Morgan fingerprint density at radius 1 is 0.667 bits per heavy atom. The number of halogens is 4. The standard InChI is InChI=1S/C33H41ClFN7O4Si.C27H27ClFN7O3.CH4/c1-7-29(43)36-23-16-22(35)17-25(18-23)46-32-30-26(34)20-42(21-45-14-15-47(4,5)6)31(30)38-33(39-32)37-27-9-8-24(19-28(27)44-3)41-12-10-40(2)11-13-41;1-4-23(37)31-17-11-16(29)12-19(13-17)39-26-24-20(28)15-30-25(24)33-27(34-26)32-21-6-5-18(14-22(21)38-3)36-9-7-35(2)8-10-36;/h7-9,16-20H,1,10-15,21H2,2-6H3,(H,36,43)(H,37,38,39);4-6,11-15H,1,7-10H2,2-3H3,(H,31,37)(H2,30,32,33,34);1H4. The summed E-state index contributed by atoms with van der Waals surface area (Å²) in [6.07, 6.45) is 5.45. The third-order valence-corrected chi connectivity index (χ3v) is 16.3. The van der Waals surface area contributed by atoms with Crippen LogP contribution in [0.4, 0.5) is 54.8 Å². The number of fused-ring (bicyclic) bond motifs is 2. The number of amides is 2. The first-order valence-electron chi connectivity index (χ1n) is 27.5. The number of carbonyl (C=O) groups excluding carboxylic acids is 2. The van der Waals surface area contributed by atoms with Crippen molar-refractivity contribution in [3.8, 4) is 34.8 Å². The number of hydrogen-bond donors (Lipinski definition) is 5. The number of benzene rings is 4. The molecule has 0 unspecified atom stereocenters. The Hall–Kier alpha value is -8.52. The van der Waals surface area contributed by atoms with Gasteiger partial charge >= 0.3 is 0 Å². The molecule has 0 aliphatic carbocycles. The van der Waals surface area contributed by atoms with Gasteiger partial charge in [-0.25, -0.2) is 8.78 Å². The van der Waals surface area contributed by atoms with Gasteiger partial charge in [0.15, 0.2) is 5.65 Å². The number of likely N-dealkylation sites (N-methyl/N-ethyl adjacent to an activating group) is 2. The van der Waals surface area contributed by atoms with Crippen molar-refractivity contribution in [3.05, 3.63) is 132 Å². The average molecular weight is 1250 g/mol. The SMILES string of the molecule is C.C=CC(=O)Nc1cc(F)cc(Oc2nc(Nc3ccc(N4CCN(C)CC4)cc3OC)nc3[nH]cc(Cl)c23)c1.C=CC(=O)Nc1cc(F)cc(Oc2nc(Nc3ccc(N4CCN(C)CC4)cc3OC)nc3c2c(Cl)cn3COCC[Si](C)(C)C)c1. The van der Waals surface area contributed by atoms with E-state index >= 15 is 0 Å². The van der Waals surface area contributed by atoms with Gasteiger partial charge in [-0.2, -0.15) is 19.9 Å². The molecular weight excluding hydrogens is 1180 g/mol. The number of nitrogens with zero attached hydrogens (tertiary/aromatic N) is 9. The lowest BCUT2D eigenvalue weighted by Crippen LogP contribution is -2.44. The zero-order valence-corrected chi connectivity index (χ0v) is 51.3. The monoisotopic (exact) mass is 1250 g/mol. The lowest BCUT2D eigenvalue weighted by Gasteiger charge is -2.34. The lowest BCUT2D eigenvalue weighted by molar-refractivity contribution is -0.112. The van der Waals surface area contributed by atoms with E-state index in [9.17, 15) is 18.4 Å². The number of hydrogen-bond acceptors (Lipinski definition) is 17. The van der Waals surface area contributed by atoms with Gasteiger partial charge in [-0.3, -0.25) is 9.59 Å². The van der Waals surface area contributed by atoms with E-state index in [1.54, 1.807) is 31.2 Å². The van der Waals surface area contributed by atoms with E-state index < -0.39 is 31.5 Å². The topological polar surface area (TPSA) is 214 Å². The number of nitrogens with one attached hydrogen (secondary N) is 5. The molecule has 10 rings (SSSR count). The first-order valence-corrected chi connectivity index (χ1v) is 32.0. The normalized spacial score (nSPS) is 13.7. The summed E-state index contributed by atoms with van der Waals surface area (Å²) in [7, 11) is 6.16. The second kappa shape index (κ2) is 28.8. The van der Waals surface area contributed by atoms with Crippen molar-refractivity contribution in [2.24, 2.45) is 0 Å². The van der Waals surface area contributed by atoms with Gasteiger partial charge in [0.2, 0.25) is 35.5 Å². The third-order valence-electron chi connectivity index (χ3n) is 14.0. The van der Waals surface area contributed by atoms with Crippen LogP contribution in [-0.4, -0.2) is 146 Å². The molecule has 4 aromatic heterocycles. The smallest absolute Gasteiger partial charge is 0.247 e. The highest BCUT2D eigenvalue weighted by Gasteiger charge is 2.24. The molecule has 5 N–H and O–H groups in total. The molecule has 4 aromatic carbocycles. The number of piperazine rings is 2. The van der Waals surface area contributed by atoms with E-state index in [4.69, 9.17) is 51.9 Å². The van der Waals surface area contributed by atoms with Crippen molar-refractivity contribution in [1.29, 1.82) is 0 Å². The summed E-state index contributed by atoms with van der Waals surface area (Å²) in [6.45, 7) is 22.2. The number of aromatic nitrogens is 6. The van der Waals surface area contributed by atoms with Gasteiger partial charge in [0.05, 0.1) is 35.6 Å². The van der Waals surface area contributed by atoms with Crippen molar-refractivity contribution in [1.82, 2.24) is 39.3 Å².